The van der Waals surface area contributed by atoms with Gasteiger partial charge in [0.15, 0.2) is 15.6 Å². The van der Waals surface area contributed by atoms with Crippen molar-refractivity contribution in [3.8, 4) is 0 Å². The summed E-state index contributed by atoms with van der Waals surface area (Å²) in [5.74, 6) is -0.654. The van der Waals surface area contributed by atoms with Gasteiger partial charge in [-0.1, -0.05) is 13.8 Å². The van der Waals surface area contributed by atoms with Crippen molar-refractivity contribution in [1.82, 2.24) is 5.32 Å². The van der Waals surface area contributed by atoms with Crippen molar-refractivity contribution in [2.75, 3.05) is 18.6 Å². The normalized spacial score (nSPS) is 12.0. The molecular formula is C7H15NO3S. The predicted molar refractivity (Wildman–Crippen MR) is 47.9 cm³/mol. The van der Waals surface area contributed by atoms with Gasteiger partial charge in [-0.2, -0.15) is 0 Å². The van der Waals surface area contributed by atoms with Crippen LogP contribution in [-0.4, -0.2) is 38.8 Å². The first-order valence-electron chi connectivity index (χ1n) is 3.74. The zero-order valence-electron chi connectivity index (χ0n) is 7.62. The molecule has 5 heteroatoms. The molecule has 0 bridgehead atoms. The van der Waals surface area contributed by atoms with Crippen molar-refractivity contribution in [2.24, 2.45) is 0 Å². The highest BCUT2D eigenvalue weighted by Crippen LogP contribution is 1.84. The van der Waals surface area contributed by atoms with Crippen LogP contribution in [0, 0.1) is 0 Å². The maximum absolute atomic E-state index is 10.9. The molecule has 0 rings (SSSR count). The SMILES string of the molecule is CC(C)NCC(=O)CS(C)(=O)=O. The Hall–Kier alpha value is -0.420. The van der Waals surface area contributed by atoms with Crippen LogP contribution in [0.4, 0.5) is 0 Å². The molecule has 0 heterocycles. The molecule has 0 aromatic carbocycles. The molecule has 0 fully saturated rings. The van der Waals surface area contributed by atoms with E-state index in [1.165, 1.54) is 0 Å². The predicted octanol–water partition coefficient (Wildman–Crippen LogP) is -0.402. The third kappa shape index (κ3) is 7.68. The molecule has 0 atom stereocenters. The highest BCUT2D eigenvalue weighted by Gasteiger charge is 2.10. The molecule has 4 nitrogen and oxygen atoms in total. The number of hydrogen-bond donors (Lipinski definition) is 1. The number of nitrogens with one attached hydrogen (secondary N) is 1. The van der Waals surface area contributed by atoms with E-state index in [-0.39, 0.29) is 24.1 Å². The van der Waals surface area contributed by atoms with Crippen LogP contribution in [0.2, 0.25) is 0 Å². The largest absolute Gasteiger partial charge is 0.308 e. The van der Waals surface area contributed by atoms with Gasteiger partial charge in [0, 0.05) is 12.3 Å². The Morgan fingerprint density at radius 1 is 1.42 bits per heavy atom. The highest BCUT2D eigenvalue weighted by atomic mass is 32.2. The first kappa shape index (κ1) is 11.6. The molecule has 0 saturated carbocycles. The van der Waals surface area contributed by atoms with Crippen LogP contribution in [0.5, 0.6) is 0 Å². The Bertz CT molecular complexity index is 243. The molecule has 0 aliphatic rings. The van der Waals surface area contributed by atoms with Crippen LogP contribution in [0.3, 0.4) is 0 Å². The van der Waals surface area contributed by atoms with Gasteiger partial charge in [0.1, 0.15) is 5.75 Å². The molecule has 0 aliphatic heterocycles. The van der Waals surface area contributed by atoms with E-state index >= 15 is 0 Å². The van der Waals surface area contributed by atoms with Gasteiger partial charge in [0.25, 0.3) is 0 Å². The zero-order chi connectivity index (χ0) is 9.78. The van der Waals surface area contributed by atoms with Crippen molar-refractivity contribution in [3.05, 3.63) is 0 Å². The summed E-state index contributed by atoms with van der Waals surface area (Å²) in [6.07, 6.45) is 1.06. The van der Waals surface area contributed by atoms with E-state index in [1.807, 2.05) is 13.8 Å². The molecule has 0 aromatic heterocycles. The van der Waals surface area contributed by atoms with Gasteiger partial charge in [-0.05, 0) is 0 Å². The lowest BCUT2D eigenvalue weighted by Crippen LogP contribution is -2.32. The van der Waals surface area contributed by atoms with Crippen molar-refractivity contribution in [3.63, 3.8) is 0 Å². The Balaban J connectivity index is 3.77. The summed E-state index contributed by atoms with van der Waals surface area (Å²) in [5.41, 5.74) is 0. The minimum atomic E-state index is -3.16. The topological polar surface area (TPSA) is 63.2 Å². The Morgan fingerprint density at radius 3 is 2.25 bits per heavy atom. The maximum Gasteiger partial charge on any atom is 0.161 e. The first-order valence-corrected chi connectivity index (χ1v) is 5.80. The highest BCUT2D eigenvalue weighted by molar-refractivity contribution is 7.91. The average Bonchev–Trinajstić information content (AvgIpc) is 1.79. The third-order valence-electron chi connectivity index (χ3n) is 1.13. The van der Waals surface area contributed by atoms with Crippen LogP contribution in [0.1, 0.15) is 13.8 Å². The van der Waals surface area contributed by atoms with E-state index in [4.69, 9.17) is 0 Å². The molecule has 0 amide bonds. The van der Waals surface area contributed by atoms with Crippen LogP contribution in [-0.2, 0) is 14.6 Å². The molecule has 12 heavy (non-hydrogen) atoms. The number of Topliss-reactive ketones (excluding diaryl/α,β-unsaturated/α-hetero) is 1. The molecule has 0 spiro atoms. The van der Waals surface area contributed by atoms with Gasteiger partial charge in [0.2, 0.25) is 0 Å². The number of hydrogen-bond acceptors (Lipinski definition) is 4. The van der Waals surface area contributed by atoms with Gasteiger partial charge in [-0.15, -0.1) is 0 Å². The quantitative estimate of drug-likeness (QED) is 0.645. The number of carbonyl (C=O) groups excluding carboxylic acids is 1. The van der Waals surface area contributed by atoms with Gasteiger partial charge >= 0.3 is 0 Å². The Morgan fingerprint density at radius 2 is 1.92 bits per heavy atom. The Kier molecular flexibility index (Phi) is 4.41. The number of carbonyl (C=O) groups is 1. The second-order valence-corrected chi connectivity index (χ2v) is 5.28. The standard InChI is InChI=1S/C7H15NO3S/c1-6(2)8-4-7(9)5-12(3,10)11/h6,8H,4-5H2,1-3H3. The van der Waals surface area contributed by atoms with E-state index in [0.717, 1.165) is 6.26 Å². The van der Waals surface area contributed by atoms with Gasteiger partial charge in [-0.3, -0.25) is 4.79 Å². The molecule has 0 unspecified atom stereocenters. The fourth-order valence-corrected chi connectivity index (χ4v) is 1.35. The van der Waals surface area contributed by atoms with Gasteiger partial charge in [-0.25, -0.2) is 8.42 Å². The fourth-order valence-electron chi connectivity index (χ4n) is 0.661. The molecule has 0 aliphatic carbocycles. The van der Waals surface area contributed by atoms with Crippen LogP contribution >= 0.6 is 0 Å². The molecule has 72 valence electrons. The van der Waals surface area contributed by atoms with Crippen LogP contribution in [0.15, 0.2) is 0 Å². The maximum atomic E-state index is 10.9. The summed E-state index contributed by atoms with van der Waals surface area (Å²) in [6.45, 7) is 3.92. The van der Waals surface area contributed by atoms with Gasteiger partial charge in [0.05, 0.1) is 6.54 Å². The second kappa shape index (κ2) is 4.57. The number of ketones is 1. The van der Waals surface area contributed by atoms with E-state index in [2.05, 4.69) is 5.32 Å². The summed E-state index contributed by atoms with van der Waals surface area (Å²) in [4.78, 5) is 10.9. The van der Waals surface area contributed by atoms with Crippen molar-refractivity contribution in [2.45, 2.75) is 19.9 Å². The monoisotopic (exact) mass is 193 g/mol. The van der Waals surface area contributed by atoms with E-state index in [0.29, 0.717) is 0 Å². The summed E-state index contributed by atoms with van der Waals surface area (Å²) in [5, 5.41) is 2.85. The summed E-state index contributed by atoms with van der Waals surface area (Å²) >= 11 is 0. The first-order chi connectivity index (χ1) is 5.31. The third-order valence-corrected chi connectivity index (χ3v) is 1.98. The number of rotatable bonds is 5. The van der Waals surface area contributed by atoms with Gasteiger partial charge < -0.3 is 5.32 Å². The second-order valence-electron chi connectivity index (χ2n) is 3.14. The minimum Gasteiger partial charge on any atom is -0.308 e. The van der Waals surface area contributed by atoms with Crippen molar-refractivity contribution in [1.29, 1.82) is 0 Å². The molecular weight excluding hydrogens is 178 g/mol. The number of sulfone groups is 1. The summed E-state index contributed by atoms with van der Waals surface area (Å²) in [6, 6.07) is 0.202. The van der Waals surface area contributed by atoms with Crippen molar-refractivity contribution >= 4 is 15.6 Å². The summed E-state index contributed by atoms with van der Waals surface area (Å²) < 4.78 is 21.3. The summed E-state index contributed by atoms with van der Waals surface area (Å²) in [7, 11) is -3.16. The Labute approximate surface area is 73.3 Å². The van der Waals surface area contributed by atoms with E-state index in [9.17, 15) is 13.2 Å². The molecule has 0 radical (unpaired) electrons. The van der Waals surface area contributed by atoms with E-state index in [1.54, 1.807) is 0 Å². The zero-order valence-corrected chi connectivity index (χ0v) is 8.44. The average molecular weight is 193 g/mol. The molecule has 1 N–H and O–H groups in total. The van der Waals surface area contributed by atoms with Crippen LogP contribution in [0.25, 0.3) is 0 Å². The van der Waals surface area contributed by atoms with E-state index < -0.39 is 9.84 Å². The smallest absolute Gasteiger partial charge is 0.161 e. The fraction of sp³-hybridized carbons (Fsp3) is 0.857. The molecule has 0 saturated heterocycles. The molecule has 0 aromatic rings. The lowest BCUT2D eigenvalue weighted by molar-refractivity contribution is -0.116. The van der Waals surface area contributed by atoms with Crippen LogP contribution < -0.4 is 5.32 Å². The minimum absolute atomic E-state index is 0.130. The lowest BCUT2D eigenvalue weighted by atomic mass is 10.3. The van der Waals surface area contributed by atoms with Crippen molar-refractivity contribution < 1.29 is 13.2 Å². The lowest BCUT2D eigenvalue weighted by Gasteiger charge is -2.05.